The smallest absolute Gasteiger partial charge is 0.251 e. The molecule has 0 saturated carbocycles. The molecule has 0 aliphatic carbocycles. The Balaban J connectivity index is 1.21. The highest BCUT2D eigenvalue weighted by atomic mass is 16.7. The zero-order valence-electron chi connectivity index (χ0n) is 17.1. The third-order valence-corrected chi connectivity index (χ3v) is 5.00. The van der Waals surface area contributed by atoms with Gasteiger partial charge in [-0.2, -0.15) is 0 Å². The molecule has 7 heteroatoms. The molecule has 7 nitrogen and oxygen atoms in total. The van der Waals surface area contributed by atoms with Crippen LogP contribution in [0.4, 0.5) is 11.5 Å². The summed E-state index contributed by atoms with van der Waals surface area (Å²) in [6, 6.07) is 24.5. The Labute approximate surface area is 185 Å². The summed E-state index contributed by atoms with van der Waals surface area (Å²) in [6.45, 7) is 0.632. The van der Waals surface area contributed by atoms with E-state index in [-0.39, 0.29) is 12.7 Å². The average molecular weight is 424 g/mol. The van der Waals surface area contributed by atoms with Gasteiger partial charge in [-0.25, -0.2) is 9.97 Å². The first kappa shape index (κ1) is 19.6. The summed E-state index contributed by atoms with van der Waals surface area (Å²) in [5.74, 6) is 2.60. The van der Waals surface area contributed by atoms with Crippen LogP contribution in [-0.4, -0.2) is 22.7 Å². The Morgan fingerprint density at radius 1 is 0.906 bits per heavy atom. The van der Waals surface area contributed by atoms with Gasteiger partial charge in [-0.1, -0.05) is 36.4 Å². The van der Waals surface area contributed by atoms with Gasteiger partial charge in [-0.3, -0.25) is 4.79 Å². The maximum absolute atomic E-state index is 12.5. The standard InChI is InChI=1S/C25H20N4O3/c30-25(27-15-17-6-11-21-22(14-17)32-16-31-21)19-7-9-20(10-8-19)28-23-12-13-26-24(29-23)18-4-2-1-3-5-18/h1-14H,15-16H2,(H,27,30)(H,26,28,29). The number of benzene rings is 3. The summed E-state index contributed by atoms with van der Waals surface area (Å²) in [5.41, 5.74) is 3.29. The Hall–Kier alpha value is -4.39. The van der Waals surface area contributed by atoms with Gasteiger partial charge < -0.3 is 20.1 Å². The zero-order chi connectivity index (χ0) is 21.8. The van der Waals surface area contributed by atoms with Gasteiger partial charge in [0.05, 0.1) is 0 Å². The van der Waals surface area contributed by atoms with Crippen LogP contribution in [0, 0.1) is 0 Å². The molecule has 0 fully saturated rings. The first-order valence-corrected chi connectivity index (χ1v) is 10.2. The van der Waals surface area contributed by atoms with Crippen LogP contribution in [-0.2, 0) is 6.54 Å². The van der Waals surface area contributed by atoms with Crippen molar-refractivity contribution in [2.24, 2.45) is 0 Å². The molecule has 4 aromatic rings. The molecule has 0 bridgehead atoms. The van der Waals surface area contributed by atoms with Crippen LogP contribution in [0.5, 0.6) is 11.5 Å². The number of anilines is 2. The molecule has 1 aliphatic rings. The molecule has 0 radical (unpaired) electrons. The molecule has 0 saturated heterocycles. The SMILES string of the molecule is O=C(NCc1ccc2c(c1)OCO2)c1ccc(Nc2ccnc(-c3ccccc3)n2)cc1. The van der Waals surface area contributed by atoms with E-state index in [4.69, 9.17) is 9.47 Å². The predicted octanol–water partition coefficient (Wildman–Crippen LogP) is 4.55. The Morgan fingerprint density at radius 2 is 1.72 bits per heavy atom. The molecule has 2 heterocycles. The van der Waals surface area contributed by atoms with Gasteiger partial charge in [0.25, 0.3) is 5.91 Å². The van der Waals surface area contributed by atoms with E-state index in [2.05, 4.69) is 20.6 Å². The fourth-order valence-electron chi connectivity index (χ4n) is 3.34. The molecule has 1 aliphatic heterocycles. The van der Waals surface area contributed by atoms with E-state index >= 15 is 0 Å². The van der Waals surface area contributed by atoms with Gasteiger partial charge in [0.15, 0.2) is 17.3 Å². The second-order valence-corrected chi connectivity index (χ2v) is 7.20. The lowest BCUT2D eigenvalue weighted by Gasteiger charge is -2.09. The molecule has 2 N–H and O–H groups in total. The quantitative estimate of drug-likeness (QED) is 0.473. The topological polar surface area (TPSA) is 85.4 Å². The van der Waals surface area contributed by atoms with Crippen LogP contribution in [0.15, 0.2) is 85.1 Å². The highest BCUT2D eigenvalue weighted by Gasteiger charge is 2.13. The van der Waals surface area contributed by atoms with Crippen molar-refractivity contribution in [1.82, 2.24) is 15.3 Å². The number of rotatable bonds is 6. The predicted molar refractivity (Wildman–Crippen MR) is 121 cm³/mol. The van der Waals surface area contributed by atoms with Crippen LogP contribution in [0.1, 0.15) is 15.9 Å². The van der Waals surface area contributed by atoms with Gasteiger partial charge >= 0.3 is 0 Å². The van der Waals surface area contributed by atoms with Crippen molar-refractivity contribution in [3.05, 3.63) is 96.2 Å². The lowest BCUT2D eigenvalue weighted by Crippen LogP contribution is -2.22. The molecular formula is C25H20N4O3. The normalized spacial score (nSPS) is 11.8. The van der Waals surface area contributed by atoms with Gasteiger partial charge in [0, 0.05) is 29.6 Å². The first-order chi connectivity index (χ1) is 15.7. The largest absolute Gasteiger partial charge is 0.454 e. The van der Waals surface area contributed by atoms with E-state index in [1.807, 2.05) is 60.7 Å². The number of carbonyl (C=O) groups excluding carboxylic acids is 1. The molecule has 1 aromatic heterocycles. The van der Waals surface area contributed by atoms with Gasteiger partial charge in [-0.15, -0.1) is 0 Å². The lowest BCUT2D eigenvalue weighted by molar-refractivity contribution is 0.0951. The molecule has 0 spiro atoms. The Morgan fingerprint density at radius 3 is 2.56 bits per heavy atom. The third kappa shape index (κ3) is 4.37. The molecule has 158 valence electrons. The minimum absolute atomic E-state index is 0.150. The maximum Gasteiger partial charge on any atom is 0.251 e. The summed E-state index contributed by atoms with van der Waals surface area (Å²) >= 11 is 0. The highest BCUT2D eigenvalue weighted by molar-refractivity contribution is 5.94. The number of carbonyl (C=O) groups is 1. The molecule has 5 rings (SSSR count). The van der Waals surface area contributed by atoms with Crippen molar-refractivity contribution < 1.29 is 14.3 Å². The highest BCUT2D eigenvalue weighted by Crippen LogP contribution is 2.32. The zero-order valence-corrected chi connectivity index (χ0v) is 17.1. The van der Waals surface area contributed by atoms with Gasteiger partial charge in [-0.05, 0) is 48.0 Å². The summed E-state index contributed by atoms with van der Waals surface area (Å²) in [5, 5.41) is 6.18. The fourth-order valence-corrected chi connectivity index (χ4v) is 3.34. The van der Waals surface area contributed by atoms with Crippen LogP contribution in [0.3, 0.4) is 0 Å². The first-order valence-electron chi connectivity index (χ1n) is 10.2. The second-order valence-electron chi connectivity index (χ2n) is 7.20. The summed E-state index contributed by atoms with van der Waals surface area (Å²) in [4.78, 5) is 21.4. The van der Waals surface area contributed by atoms with E-state index in [0.29, 0.717) is 29.5 Å². The molecule has 0 unspecified atom stereocenters. The summed E-state index contributed by atoms with van der Waals surface area (Å²) in [6.07, 6.45) is 1.72. The maximum atomic E-state index is 12.5. The number of aromatic nitrogens is 2. The molecule has 0 atom stereocenters. The Kier molecular flexibility index (Phi) is 5.36. The fraction of sp³-hybridized carbons (Fsp3) is 0.0800. The Bertz CT molecular complexity index is 1240. The molecule has 32 heavy (non-hydrogen) atoms. The van der Waals surface area contributed by atoms with Crippen molar-refractivity contribution in [3.63, 3.8) is 0 Å². The molecule has 3 aromatic carbocycles. The lowest BCUT2D eigenvalue weighted by atomic mass is 10.1. The molecular weight excluding hydrogens is 404 g/mol. The summed E-state index contributed by atoms with van der Waals surface area (Å²) in [7, 11) is 0. The monoisotopic (exact) mass is 424 g/mol. The molecule has 1 amide bonds. The van der Waals surface area contributed by atoms with Crippen molar-refractivity contribution in [3.8, 4) is 22.9 Å². The number of ether oxygens (including phenoxy) is 2. The van der Waals surface area contributed by atoms with Crippen molar-refractivity contribution in [1.29, 1.82) is 0 Å². The van der Waals surface area contributed by atoms with Crippen LogP contribution in [0.2, 0.25) is 0 Å². The van der Waals surface area contributed by atoms with Crippen molar-refractivity contribution in [2.45, 2.75) is 6.54 Å². The van der Waals surface area contributed by atoms with Crippen molar-refractivity contribution >= 4 is 17.4 Å². The second kappa shape index (κ2) is 8.77. The third-order valence-electron chi connectivity index (χ3n) is 5.00. The van der Waals surface area contributed by atoms with Gasteiger partial charge in [0.2, 0.25) is 6.79 Å². The summed E-state index contributed by atoms with van der Waals surface area (Å²) < 4.78 is 10.7. The number of amides is 1. The van der Waals surface area contributed by atoms with Crippen LogP contribution >= 0.6 is 0 Å². The number of nitrogens with one attached hydrogen (secondary N) is 2. The minimum Gasteiger partial charge on any atom is -0.454 e. The number of fused-ring (bicyclic) bond motifs is 1. The van der Waals surface area contributed by atoms with Crippen LogP contribution < -0.4 is 20.1 Å². The van der Waals surface area contributed by atoms with Crippen molar-refractivity contribution in [2.75, 3.05) is 12.1 Å². The van der Waals surface area contributed by atoms with E-state index in [9.17, 15) is 4.79 Å². The average Bonchev–Trinajstić information content (AvgIpc) is 3.32. The van der Waals surface area contributed by atoms with E-state index in [1.165, 1.54) is 0 Å². The van der Waals surface area contributed by atoms with E-state index in [1.54, 1.807) is 24.4 Å². The number of nitrogens with zero attached hydrogens (tertiary/aromatic N) is 2. The van der Waals surface area contributed by atoms with E-state index in [0.717, 1.165) is 22.6 Å². The minimum atomic E-state index is -0.150. The number of hydrogen-bond acceptors (Lipinski definition) is 6. The van der Waals surface area contributed by atoms with Crippen LogP contribution in [0.25, 0.3) is 11.4 Å². The number of hydrogen-bond donors (Lipinski definition) is 2. The van der Waals surface area contributed by atoms with E-state index < -0.39 is 0 Å². The van der Waals surface area contributed by atoms with Gasteiger partial charge in [0.1, 0.15) is 5.82 Å².